The van der Waals surface area contributed by atoms with Gasteiger partial charge in [-0.05, 0) is 100 Å². The molecule has 8 heterocycles. The fourth-order valence-corrected chi connectivity index (χ4v) is 13.4. The van der Waals surface area contributed by atoms with Crippen LogP contribution in [0.4, 0.5) is 23.4 Å². The molecule has 8 aliphatic rings. The van der Waals surface area contributed by atoms with E-state index in [-0.39, 0.29) is 61.7 Å². The van der Waals surface area contributed by atoms with Gasteiger partial charge in [0.1, 0.15) is 43.5 Å². The van der Waals surface area contributed by atoms with Gasteiger partial charge in [0.25, 0.3) is 0 Å². The predicted octanol–water partition coefficient (Wildman–Crippen LogP) is 6.80. The van der Waals surface area contributed by atoms with Gasteiger partial charge in [0.2, 0.25) is 11.8 Å². The Hall–Kier alpha value is -5.65. The van der Waals surface area contributed by atoms with E-state index < -0.39 is 43.9 Å². The molecule has 0 radical (unpaired) electrons. The molecule has 23 heteroatoms. The van der Waals surface area contributed by atoms with Gasteiger partial charge in [0, 0.05) is 62.2 Å². The molecular weight excluding hydrogens is 1030 g/mol. The molecule has 75 heavy (non-hydrogen) atoms. The topological polar surface area (TPSA) is 203 Å². The molecule has 6 aliphatic heterocycles. The number of ether oxygens (including phenoxy) is 2. The molecule has 0 unspecified atom stereocenters. The maximum atomic E-state index is 15.2. The van der Waals surface area contributed by atoms with Crippen molar-refractivity contribution in [3.8, 4) is 0 Å². The molecular formula is C52H57ClF4N12O4S2. The Morgan fingerprint density at radius 1 is 0.680 bits per heavy atom. The van der Waals surface area contributed by atoms with Crippen molar-refractivity contribution in [1.29, 1.82) is 0 Å². The lowest BCUT2D eigenvalue weighted by atomic mass is 9.84. The van der Waals surface area contributed by atoms with Crippen LogP contribution in [0.1, 0.15) is 73.2 Å². The second kappa shape index (κ2) is 21.4. The molecule has 0 spiro atoms. The zero-order valence-electron chi connectivity index (χ0n) is 41.4. The predicted molar refractivity (Wildman–Crippen MR) is 284 cm³/mol. The van der Waals surface area contributed by atoms with Crippen molar-refractivity contribution in [3.05, 3.63) is 112 Å². The summed E-state index contributed by atoms with van der Waals surface area (Å²) in [6, 6.07) is 8.69. The number of anilines is 1. The Morgan fingerprint density at radius 2 is 1.12 bits per heavy atom. The van der Waals surface area contributed by atoms with Crippen molar-refractivity contribution in [2.75, 3.05) is 83.7 Å². The number of nitrogens with one attached hydrogen (secondary N) is 1. The maximum Gasteiger partial charge on any atom is 0.239 e. The van der Waals surface area contributed by atoms with Crippen LogP contribution < -0.4 is 21.7 Å². The molecule has 16 nitrogen and oxygen atoms in total. The van der Waals surface area contributed by atoms with Crippen molar-refractivity contribution in [1.82, 2.24) is 35.1 Å². The van der Waals surface area contributed by atoms with E-state index in [1.165, 1.54) is 98.0 Å². The summed E-state index contributed by atoms with van der Waals surface area (Å²) in [7, 11) is 0. The first-order chi connectivity index (χ1) is 36.0. The highest BCUT2D eigenvalue weighted by molar-refractivity contribution is 8.16. The average Bonchev–Trinajstić information content (AvgIpc) is 4.31. The number of carbonyl (C=O) groups is 2. The van der Waals surface area contributed by atoms with Crippen LogP contribution in [-0.2, 0) is 30.1 Å². The number of morpholine rings is 2. The molecule has 2 saturated carbocycles. The number of hydrogen-bond acceptors (Lipinski definition) is 16. The average molecular weight is 1090 g/mol. The number of carbonyl (C=O) groups excluding carboxylic acids is 2. The third-order valence-electron chi connectivity index (χ3n) is 15.0. The quantitative estimate of drug-likeness (QED) is 0.148. The van der Waals surface area contributed by atoms with Gasteiger partial charge in [-0.1, -0.05) is 47.3 Å². The molecule has 2 amide bonds. The lowest BCUT2D eigenvalue weighted by Crippen LogP contribution is -2.49. The van der Waals surface area contributed by atoms with Crippen molar-refractivity contribution >= 4 is 86.9 Å². The zero-order valence-corrected chi connectivity index (χ0v) is 43.8. The van der Waals surface area contributed by atoms with E-state index in [0.717, 1.165) is 25.3 Å². The van der Waals surface area contributed by atoms with Gasteiger partial charge in [0.15, 0.2) is 22.0 Å². The van der Waals surface area contributed by atoms with E-state index >= 15 is 13.2 Å². The van der Waals surface area contributed by atoms with Crippen LogP contribution in [0.3, 0.4) is 0 Å². The SMILES string of the molecule is C1CNC1.C[C@]1(c2cc(/C=C(\F)c3cnc(Cl)cn3)ccc2F)N=C(N)S[C@@]2(C(=O)N3CCOCC3)C[C@H]21.C[C@]1(c2cc(/C=C(\F)c3cnc(N4CCC4)cn3)ccc2F)N=C(N)S[C@@]2(C(=O)N3CCOCC3)C[C@H]21. The first-order valence-electron chi connectivity index (χ1n) is 25.0. The summed E-state index contributed by atoms with van der Waals surface area (Å²) >= 11 is 8.24. The number of amides is 2. The van der Waals surface area contributed by atoms with Crippen LogP contribution in [0.5, 0.6) is 0 Å². The molecule has 2 aliphatic carbocycles. The molecule has 4 aromatic rings. The first kappa shape index (κ1) is 52.8. The molecule has 2 aromatic heterocycles. The Labute approximate surface area is 445 Å². The van der Waals surface area contributed by atoms with Gasteiger partial charge >= 0.3 is 0 Å². The summed E-state index contributed by atoms with van der Waals surface area (Å²) in [4.78, 5) is 58.1. The Balaban J connectivity index is 0.000000159. The van der Waals surface area contributed by atoms with Crippen molar-refractivity contribution < 1.29 is 36.6 Å². The van der Waals surface area contributed by atoms with E-state index in [4.69, 9.17) is 32.5 Å². The van der Waals surface area contributed by atoms with E-state index in [9.17, 15) is 14.0 Å². The van der Waals surface area contributed by atoms with Crippen LogP contribution in [0.15, 0.2) is 71.2 Å². The van der Waals surface area contributed by atoms with Gasteiger partial charge in [0.05, 0.1) is 62.3 Å². The Kier molecular flexibility index (Phi) is 15.1. The number of aliphatic imine (C=N–C) groups is 2. The third-order valence-corrected chi connectivity index (χ3v) is 17.8. The number of rotatable bonds is 9. The highest BCUT2D eigenvalue weighted by atomic mass is 35.5. The van der Waals surface area contributed by atoms with E-state index in [2.05, 4.69) is 40.1 Å². The minimum atomic E-state index is -1.07. The number of amidine groups is 2. The van der Waals surface area contributed by atoms with Crippen LogP contribution in [0.2, 0.25) is 5.15 Å². The van der Waals surface area contributed by atoms with Crippen molar-refractivity contribution in [2.45, 2.75) is 60.1 Å². The molecule has 0 bridgehead atoms. The first-order valence-corrected chi connectivity index (χ1v) is 27.0. The second-order valence-electron chi connectivity index (χ2n) is 19.9. The fourth-order valence-electron chi connectivity index (χ4n) is 10.4. The molecule has 5 N–H and O–H groups in total. The molecule has 2 aromatic carbocycles. The van der Waals surface area contributed by atoms with Gasteiger partial charge in [-0.2, -0.15) is 0 Å². The number of fused-ring (bicyclic) bond motifs is 2. The van der Waals surface area contributed by atoms with Crippen LogP contribution in [-0.4, -0.2) is 140 Å². The Bertz CT molecular complexity index is 2950. The summed E-state index contributed by atoms with van der Waals surface area (Å²) in [5.74, 6) is -1.94. The van der Waals surface area contributed by atoms with E-state index in [1.54, 1.807) is 42.0 Å². The highest BCUT2D eigenvalue weighted by Crippen LogP contribution is 2.68. The monoisotopic (exact) mass is 1090 g/mol. The molecule has 396 valence electrons. The van der Waals surface area contributed by atoms with Gasteiger partial charge in [-0.25, -0.2) is 37.5 Å². The van der Waals surface area contributed by atoms with Gasteiger partial charge < -0.3 is 41.0 Å². The molecule has 6 atom stereocenters. The lowest BCUT2D eigenvalue weighted by molar-refractivity contribution is -0.136. The number of halogens is 5. The van der Waals surface area contributed by atoms with Gasteiger partial charge in [-0.3, -0.25) is 19.6 Å². The second-order valence-corrected chi connectivity index (χ2v) is 23.0. The number of nitrogens with zero attached hydrogens (tertiary/aromatic N) is 9. The number of thioether (sulfide) groups is 2. The standard InChI is InChI=1S/C26H28F2N6O2S.C23H22ClF2N5O2S.C3H7N/c1-25(21-13-26(21,37-24(29)32-25)23(35)34-7-9-36-10-8-34)17-11-16(3-4-18(17)27)12-19(28)20-14-31-22(15-30-20)33-5-2-6-33;1-22(18-10-23(18,34-21(27)30-22)20(32)31-4-6-33-7-5-31)14-8-13(2-3-15(14)25)9-16(26)17-11-29-19(24)12-28-17;1-2-4-3-1/h3-4,11-12,14-15,21H,2,5-10,13H2,1H3,(H2,29,32);2-3,8-9,11-12,18H,4-7,10H2,1H3,(H2,27,30);4H,1-3H2/b19-12-;16-9-;/t21-,25+,26-;18-,22+,23-;/m00./s1. The van der Waals surface area contributed by atoms with Crippen LogP contribution in [0.25, 0.3) is 23.8 Å². The molecule has 4 saturated heterocycles. The van der Waals surface area contributed by atoms with Crippen LogP contribution in [0, 0.1) is 23.5 Å². The summed E-state index contributed by atoms with van der Waals surface area (Å²) in [5.41, 5.74) is 11.8. The molecule has 12 rings (SSSR count). The summed E-state index contributed by atoms with van der Waals surface area (Å²) in [6.07, 6.45) is 11.6. The van der Waals surface area contributed by atoms with Crippen LogP contribution >= 0.6 is 35.1 Å². The number of nitrogens with two attached hydrogens (primary N) is 2. The number of hydrogen-bond donors (Lipinski definition) is 3. The fraction of sp³-hybridized carbons (Fsp3) is 0.462. The maximum absolute atomic E-state index is 15.2. The largest absolute Gasteiger partial charge is 0.378 e. The number of aromatic nitrogens is 4. The highest BCUT2D eigenvalue weighted by Gasteiger charge is 2.72. The summed E-state index contributed by atoms with van der Waals surface area (Å²) < 4.78 is 69.4. The number of benzene rings is 2. The van der Waals surface area contributed by atoms with Crippen molar-refractivity contribution in [3.63, 3.8) is 0 Å². The van der Waals surface area contributed by atoms with E-state index in [1.807, 2.05) is 0 Å². The lowest BCUT2D eigenvalue weighted by Gasteiger charge is -2.37. The van der Waals surface area contributed by atoms with Gasteiger partial charge in [-0.15, -0.1) is 0 Å². The van der Waals surface area contributed by atoms with Crippen molar-refractivity contribution in [2.24, 2.45) is 33.3 Å². The van der Waals surface area contributed by atoms with E-state index in [0.29, 0.717) is 76.6 Å². The smallest absolute Gasteiger partial charge is 0.239 e. The molecule has 6 fully saturated rings. The normalized spacial score (nSPS) is 28.8. The minimum absolute atomic E-state index is 0.00220. The minimum Gasteiger partial charge on any atom is -0.378 e. The summed E-state index contributed by atoms with van der Waals surface area (Å²) in [6.45, 7) is 12.0. The summed E-state index contributed by atoms with van der Waals surface area (Å²) in [5, 5.41) is 3.75. The third kappa shape index (κ3) is 10.6. The Morgan fingerprint density at radius 3 is 1.49 bits per heavy atom. The zero-order chi connectivity index (χ0) is 52.7.